The fourth-order valence-corrected chi connectivity index (χ4v) is 3.08. The summed E-state index contributed by atoms with van der Waals surface area (Å²) in [5.41, 5.74) is 2.93. The molecule has 1 aromatic rings. The van der Waals surface area contributed by atoms with E-state index in [1.165, 1.54) is 56.1 Å². The molecule has 0 aliphatic heterocycles. The number of ether oxygens (including phenoxy) is 1. The molecule has 21 heavy (non-hydrogen) atoms. The zero-order chi connectivity index (χ0) is 15.5. The molecule has 0 saturated carbocycles. The Balaban J connectivity index is 2.66. The topological polar surface area (TPSA) is 9.23 Å². The van der Waals surface area contributed by atoms with Crippen molar-refractivity contribution in [1.82, 2.24) is 0 Å². The number of aryl methyl sites for hydroxylation is 1. The summed E-state index contributed by atoms with van der Waals surface area (Å²) in [6, 6.07) is 6.58. The van der Waals surface area contributed by atoms with Gasteiger partial charge in [-0.15, -0.1) is 0 Å². The molecule has 0 bridgehead atoms. The molecule has 1 aromatic carbocycles. The summed E-state index contributed by atoms with van der Waals surface area (Å²) >= 11 is 0. The lowest BCUT2D eigenvalue weighted by Crippen LogP contribution is -2.08. The Bertz CT molecular complexity index is 383. The largest absolute Gasteiger partial charge is 0.493 e. The van der Waals surface area contributed by atoms with Gasteiger partial charge in [-0.1, -0.05) is 71.9 Å². The normalized spacial score (nSPS) is 12.4. The van der Waals surface area contributed by atoms with Crippen molar-refractivity contribution in [3.63, 3.8) is 0 Å². The third-order valence-corrected chi connectivity index (χ3v) is 4.31. The molecular weight excluding hydrogens is 256 g/mol. The van der Waals surface area contributed by atoms with Crippen LogP contribution in [0.2, 0.25) is 0 Å². The van der Waals surface area contributed by atoms with Crippen molar-refractivity contribution >= 4 is 0 Å². The van der Waals surface area contributed by atoms with Gasteiger partial charge in [0.05, 0.1) is 6.61 Å². The summed E-state index contributed by atoms with van der Waals surface area (Å²) in [7, 11) is 0. The van der Waals surface area contributed by atoms with Gasteiger partial charge in [0.2, 0.25) is 0 Å². The average molecular weight is 290 g/mol. The number of hydrogen-bond donors (Lipinski definition) is 0. The lowest BCUT2D eigenvalue weighted by molar-refractivity contribution is 0.265. The van der Waals surface area contributed by atoms with Crippen LogP contribution in [0, 0.1) is 5.92 Å². The molecule has 1 atom stereocenters. The zero-order valence-corrected chi connectivity index (χ0v) is 14.6. The molecule has 120 valence electrons. The molecule has 0 saturated heterocycles. The van der Waals surface area contributed by atoms with Crippen LogP contribution in [0.25, 0.3) is 0 Å². The van der Waals surface area contributed by atoms with E-state index in [4.69, 9.17) is 4.74 Å². The van der Waals surface area contributed by atoms with Gasteiger partial charge in [-0.2, -0.15) is 0 Å². The minimum Gasteiger partial charge on any atom is -0.493 e. The van der Waals surface area contributed by atoms with E-state index in [2.05, 4.69) is 45.9 Å². The van der Waals surface area contributed by atoms with Crippen LogP contribution < -0.4 is 4.74 Å². The first-order chi connectivity index (χ1) is 10.3. The van der Waals surface area contributed by atoms with Gasteiger partial charge in [-0.3, -0.25) is 0 Å². The Kier molecular flexibility index (Phi) is 9.21. The molecule has 0 fully saturated rings. The van der Waals surface area contributed by atoms with Crippen LogP contribution in [-0.2, 0) is 12.8 Å². The lowest BCUT2D eigenvalue weighted by atomic mass is 9.97. The highest BCUT2D eigenvalue weighted by molar-refractivity contribution is 5.40. The predicted octanol–water partition coefficient (Wildman–Crippen LogP) is 6.19. The second-order valence-corrected chi connectivity index (χ2v) is 6.09. The van der Waals surface area contributed by atoms with Crippen LogP contribution in [-0.4, -0.2) is 6.61 Å². The summed E-state index contributed by atoms with van der Waals surface area (Å²) < 4.78 is 6.16. The van der Waals surface area contributed by atoms with Crippen LogP contribution in [0.5, 0.6) is 5.75 Å². The van der Waals surface area contributed by atoms with Crippen molar-refractivity contribution in [2.24, 2.45) is 5.92 Å². The van der Waals surface area contributed by atoms with Gasteiger partial charge in [0.25, 0.3) is 0 Å². The van der Waals surface area contributed by atoms with Crippen molar-refractivity contribution in [2.45, 2.75) is 79.1 Å². The smallest absolute Gasteiger partial charge is 0.122 e. The molecule has 0 heterocycles. The van der Waals surface area contributed by atoms with Gasteiger partial charge >= 0.3 is 0 Å². The maximum absolute atomic E-state index is 6.16. The highest BCUT2D eigenvalue weighted by Crippen LogP contribution is 2.26. The van der Waals surface area contributed by atoms with Gasteiger partial charge in [-0.05, 0) is 42.4 Å². The summed E-state index contributed by atoms with van der Waals surface area (Å²) in [6.45, 7) is 9.94. The van der Waals surface area contributed by atoms with Crippen molar-refractivity contribution < 1.29 is 4.74 Å². The molecule has 0 aliphatic rings. The van der Waals surface area contributed by atoms with Crippen molar-refractivity contribution in [1.29, 1.82) is 0 Å². The van der Waals surface area contributed by atoms with Gasteiger partial charge in [0.1, 0.15) is 5.75 Å². The molecular formula is C20H34O. The standard InChI is InChI=1S/C20H34O/c1-5-10-17(8-4)15-16-21-20-14-9-13-18(11-6-2)19(20)12-7-3/h9,13-14,17H,5-8,10-12,15-16H2,1-4H3. The Morgan fingerprint density at radius 1 is 0.905 bits per heavy atom. The van der Waals surface area contributed by atoms with Crippen LogP contribution >= 0.6 is 0 Å². The van der Waals surface area contributed by atoms with Crippen molar-refractivity contribution in [3.8, 4) is 5.75 Å². The first kappa shape index (κ1) is 18.1. The Hall–Kier alpha value is -0.980. The molecule has 1 rings (SSSR count). The van der Waals surface area contributed by atoms with E-state index in [1.54, 1.807) is 0 Å². The molecule has 0 aromatic heterocycles. The predicted molar refractivity (Wildman–Crippen MR) is 93.2 cm³/mol. The van der Waals surface area contributed by atoms with Crippen LogP contribution in [0.15, 0.2) is 18.2 Å². The van der Waals surface area contributed by atoms with Crippen LogP contribution in [0.1, 0.15) is 77.3 Å². The third kappa shape index (κ3) is 6.11. The highest BCUT2D eigenvalue weighted by atomic mass is 16.5. The fraction of sp³-hybridized carbons (Fsp3) is 0.700. The van der Waals surface area contributed by atoms with E-state index in [0.29, 0.717) is 0 Å². The number of benzene rings is 1. The molecule has 0 amide bonds. The van der Waals surface area contributed by atoms with Crippen LogP contribution in [0.4, 0.5) is 0 Å². The molecule has 0 radical (unpaired) electrons. The first-order valence-corrected chi connectivity index (χ1v) is 9.00. The van der Waals surface area contributed by atoms with Crippen molar-refractivity contribution in [2.75, 3.05) is 6.61 Å². The van der Waals surface area contributed by atoms with E-state index >= 15 is 0 Å². The van der Waals surface area contributed by atoms with Crippen molar-refractivity contribution in [3.05, 3.63) is 29.3 Å². The summed E-state index contributed by atoms with van der Waals surface area (Å²) in [5.74, 6) is 1.96. The number of hydrogen-bond acceptors (Lipinski definition) is 1. The molecule has 0 N–H and O–H groups in total. The molecule has 0 aliphatic carbocycles. The van der Waals surface area contributed by atoms with Gasteiger partial charge < -0.3 is 4.74 Å². The average Bonchev–Trinajstić information content (AvgIpc) is 2.49. The highest BCUT2D eigenvalue weighted by Gasteiger charge is 2.10. The Morgan fingerprint density at radius 3 is 2.29 bits per heavy atom. The number of rotatable bonds is 11. The summed E-state index contributed by atoms with van der Waals surface area (Å²) in [4.78, 5) is 0. The second kappa shape index (κ2) is 10.7. The van der Waals surface area contributed by atoms with Crippen LogP contribution in [0.3, 0.4) is 0 Å². The van der Waals surface area contributed by atoms with E-state index in [-0.39, 0.29) is 0 Å². The summed E-state index contributed by atoms with van der Waals surface area (Å²) in [6.07, 6.45) is 9.77. The summed E-state index contributed by atoms with van der Waals surface area (Å²) in [5, 5.41) is 0. The first-order valence-electron chi connectivity index (χ1n) is 9.00. The Labute approximate surface area is 132 Å². The van der Waals surface area contributed by atoms with E-state index in [0.717, 1.165) is 24.7 Å². The Morgan fingerprint density at radius 2 is 1.67 bits per heavy atom. The second-order valence-electron chi connectivity index (χ2n) is 6.09. The zero-order valence-electron chi connectivity index (χ0n) is 14.6. The molecule has 1 heteroatoms. The lowest BCUT2D eigenvalue weighted by Gasteiger charge is -2.17. The maximum atomic E-state index is 6.16. The van der Waals surface area contributed by atoms with E-state index in [9.17, 15) is 0 Å². The van der Waals surface area contributed by atoms with Gasteiger partial charge in [0, 0.05) is 0 Å². The van der Waals surface area contributed by atoms with Gasteiger partial charge in [0.15, 0.2) is 0 Å². The molecule has 0 spiro atoms. The van der Waals surface area contributed by atoms with Gasteiger partial charge in [-0.25, -0.2) is 0 Å². The SMILES string of the molecule is CCCc1cccc(OCCC(CC)CCC)c1CCC. The minimum atomic E-state index is 0.823. The maximum Gasteiger partial charge on any atom is 0.122 e. The van der Waals surface area contributed by atoms with E-state index in [1.807, 2.05) is 0 Å². The molecule has 1 unspecified atom stereocenters. The minimum absolute atomic E-state index is 0.823. The third-order valence-electron chi connectivity index (χ3n) is 4.31. The monoisotopic (exact) mass is 290 g/mol. The fourth-order valence-electron chi connectivity index (χ4n) is 3.08. The van der Waals surface area contributed by atoms with E-state index < -0.39 is 0 Å². The molecule has 1 nitrogen and oxygen atoms in total. The quantitative estimate of drug-likeness (QED) is 0.472.